The summed E-state index contributed by atoms with van der Waals surface area (Å²) in [6, 6.07) is 9.12. The fourth-order valence-corrected chi connectivity index (χ4v) is 2.51. The highest BCUT2D eigenvalue weighted by Crippen LogP contribution is 2.10. The average Bonchev–Trinajstić information content (AvgIpc) is 2.52. The molecule has 0 aromatic heterocycles. The molecule has 0 spiro atoms. The topological polar surface area (TPSA) is 48.9 Å². The molecule has 1 saturated heterocycles. The molecule has 1 aliphatic heterocycles. The molecule has 1 heterocycles. The van der Waals surface area contributed by atoms with Crippen LogP contribution in [0.5, 0.6) is 0 Å². The molecule has 2 rings (SSSR count). The van der Waals surface area contributed by atoms with Crippen molar-refractivity contribution in [2.24, 2.45) is 4.99 Å². The van der Waals surface area contributed by atoms with E-state index in [0.717, 1.165) is 45.4 Å². The first kappa shape index (κ1) is 20.2. The molecular weight excluding hydrogens is 403 g/mol. The van der Waals surface area contributed by atoms with Crippen LogP contribution in [0.4, 0.5) is 0 Å². The standard InChI is InChI=1S/C17H28N4O.HI/c1-14(2)20-17(18-3)19-12-15-5-4-6-16(11-15)13-21-7-9-22-10-8-21;/h4-6,11,14H,7-10,12-13H2,1-3H3,(H2,18,19,20);1H. The summed E-state index contributed by atoms with van der Waals surface area (Å²) in [4.78, 5) is 6.67. The van der Waals surface area contributed by atoms with E-state index in [4.69, 9.17) is 4.74 Å². The Morgan fingerprint density at radius 2 is 1.96 bits per heavy atom. The van der Waals surface area contributed by atoms with Gasteiger partial charge in [0.25, 0.3) is 0 Å². The maximum atomic E-state index is 5.40. The Hall–Kier alpha value is -0.860. The van der Waals surface area contributed by atoms with E-state index in [0.29, 0.717) is 6.04 Å². The third-order valence-electron chi connectivity index (χ3n) is 3.61. The molecule has 0 unspecified atom stereocenters. The lowest BCUT2D eigenvalue weighted by atomic mass is 10.1. The maximum Gasteiger partial charge on any atom is 0.191 e. The Kier molecular flexibility index (Phi) is 9.50. The fourth-order valence-electron chi connectivity index (χ4n) is 2.51. The molecule has 2 N–H and O–H groups in total. The maximum absolute atomic E-state index is 5.40. The van der Waals surface area contributed by atoms with Crippen molar-refractivity contribution < 1.29 is 4.74 Å². The number of rotatable bonds is 5. The quantitative estimate of drug-likeness (QED) is 0.426. The summed E-state index contributed by atoms with van der Waals surface area (Å²) < 4.78 is 5.40. The number of nitrogens with zero attached hydrogens (tertiary/aromatic N) is 2. The van der Waals surface area contributed by atoms with Gasteiger partial charge in [-0.05, 0) is 25.0 Å². The number of morpholine rings is 1. The van der Waals surface area contributed by atoms with E-state index in [1.165, 1.54) is 11.1 Å². The van der Waals surface area contributed by atoms with E-state index < -0.39 is 0 Å². The van der Waals surface area contributed by atoms with Crippen molar-refractivity contribution in [2.75, 3.05) is 33.4 Å². The second-order valence-corrected chi connectivity index (χ2v) is 5.93. The van der Waals surface area contributed by atoms with Crippen LogP contribution in [0.25, 0.3) is 0 Å². The Labute approximate surface area is 156 Å². The number of ether oxygens (including phenoxy) is 1. The minimum Gasteiger partial charge on any atom is -0.379 e. The second-order valence-electron chi connectivity index (χ2n) is 5.93. The smallest absolute Gasteiger partial charge is 0.191 e. The van der Waals surface area contributed by atoms with E-state index in [2.05, 4.69) is 58.6 Å². The fraction of sp³-hybridized carbons (Fsp3) is 0.588. The Morgan fingerprint density at radius 3 is 2.61 bits per heavy atom. The predicted octanol–water partition coefficient (Wildman–Crippen LogP) is 2.21. The van der Waals surface area contributed by atoms with Crippen LogP contribution in [0.3, 0.4) is 0 Å². The monoisotopic (exact) mass is 432 g/mol. The van der Waals surface area contributed by atoms with Crippen LogP contribution in [-0.4, -0.2) is 50.3 Å². The molecule has 130 valence electrons. The SMILES string of the molecule is CN=C(NCc1cccc(CN2CCOCC2)c1)NC(C)C.I. The van der Waals surface area contributed by atoms with E-state index in [1.807, 2.05) is 0 Å². The molecule has 6 heteroatoms. The van der Waals surface area contributed by atoms with Crippen molar-refractivity contribution >= 4 is 29.9 Å². The average molecular weight is 432 g/mol. The summed E-state index contributed by atoms with van der Waals surface area (Å²) in [5.41, 5.74) is 2.63. The lowest BCUT2D eigenvalue weighted by Crippen LogP contribution is -2.40. The molecular formula is C17H29IN4O. The molecule has 5 nitrogen and oxygen atoms in total. The number of hydrogen-bond acceptors (Lipinski definition) is 3. The van der Waals surface area contributed by atoms with Gasteiger partial charge in [-0.3, -0.25) is 9.89 Å². The Bertz CT molecular complexity index is 487. The second kappa shape index (κ2) is 10.8. The lowest BCUT2D eigenvalue weighted by Gasteiger charge is -2.26. The van der Waals surface area contributed by atoms with Crippen LogP contribution >= 0.6 is 24.0 Å². The summed E-state index contributed by atoms with van der Waals surface area (Å²) in [7, 11) is 1.80. The lowest BCUT2D eigenvalue weighted by molar-refractivity contribution is 0.0342. The van der Waals surface area contributed by atoms with Crippen molar-refractivity contribution in [3.63, 3.8) is 0 Å². The molecule has 0 radical (unpaired) electrons. The van der Waals surface area contributed by atoms with Crippen LogP contribution in [0.2, 0.25) is 0 Å². The van der Waals surface area contributed by atoms with Gasteiger partial charge < -0.3 is 15.4 Å². The number of guanidine groups is 1. The van der Waals surface area contributed by atoms with Gasteiger partial charge in [0, 0.05) is 39.3 Å². The molecule has 0 saturated carbocycles. The molecule has 1 aliphatic rings. The van der Waals surface area contributed by atoms with Crippen LogP contribution in [0, 0.1) is 0 Å². The van der Waals surface area contributed by atoms with Gasteiger partial charge in [-0.1, -0.05) is 24.3 Å². The van der Waals surface area contributed by atoms with Gasteiger partial charge in [0.2, 0.25) is 0 Å². The van der Waals surface area contributed by atoms with Crippen LogP contribution < -0.4 is 10.6 Å². The van der Waals surface area contributed by atoms with Crippen LogP contribution in [0.15, 0.2) is 29.3 Å². The number of aliphatic imine (C=N–C) groups is 1. The van der Waals surface area contributed by atoms with Gasteiger partial charge in [0.1, 0.15) is 0 Å². The minimum absolute atomic E-state index is 0. The Morgan fingerprint density at radius 1 is 1.26 bits per heavy atom. The van der Waals surface area contributed by atoms with E-state index in [-0.39, 0.29) is 24.0 Å². The molecule has 0 atom stereocenters. The molecule has 0 amide bonds. The van der Waals surface area contributed by atoms with Crippen LogP contribution in [0.1, 0.15) is 25.0 Å². The summed E-state index contributed by atoms with van der Waals surface area (Å²) in [6.07, 6.45) is 0. The summed E-state index contributed by atoms with van der Waals surface area (Å²) in [5, 5.41) is 6.65. The van der Waals surface area contributed by atoms with Crippen LogP contribution in [-0.2, 0) is 17.8 Å². The third kappa shape index (κ3) is 7.50. The van der Waals surface area contributed by atoms with E-state index >= 15 is 0 Å². The van der Waals surface area contributed by atoms with E-state index in [9.17, 15) is 0 Å². The zero-order chi connectivity index (χ0) is 15.8. The first-order valence-corrected chi connectivity index (χ1v) is 8.02. The molecule has 1 aromatic carbocycles. The first-order valence-electron chi connectivity index (χ1n) is 8.02. The predicted molar refractivity (Wildman–Crippen MR) is 106 cm³/mol. The number of halogens is 1. The molecule has 1 aromatic rings. The van der Waals surface area contributed by atoms with Gasteiger partial charge in [-0.2, -0.15) is 0 Å². The van der Waals surface area contributed by atoms with Crippen molar-refractivity contribution in [3.05, 3.63) is 35.4 Å². The molecule has 23 heavy (non-hydrogen) atoms. The van der Waals surface area contributed by atoms with Gasteiger partial charge in [-0.25, -0.2) is 0 Å². The van der Waals surface area contributed by atoms with Gasteiger partial charge in [0.05, 0.1) is 13.2 Å². The molecule has 1 fully saturated rings. The normalized spacial score (nSPS) is 16.1. The zero-order valence-electron chi connectivity index (χ0n) is 14.3. The van der Waals surface area contributed by atoms with Gasteiger partial charge in [-0.15, -0.1) is 24.0 Å². The Balaban J connectivity index is 0.00000264. The van der Waals surface area contributed by atoms with Gasteiger partial charge >= 0.3 is 0 Å². The first-order chi connectivity index (χ1) is 10.7. The third-order valence-corrected chi connectivity index (χ3v) is 3.61. The molecule has 0 bridgehead atoms. The van der Waals surface area contributed by atoms with E-state index in [1.54, 1.807) is 7.05 Å². The van der Waals surface area contributed by atoms with Crippen molar-refractivity contribution in [2.45, 2.75) is 33.0 Å². The number of benzene rings is 1. The summed E-state index contributed by atoms with van der Waals surface area (Å²) in [6.45, 7) is 9.73. The molecule has 0 aliphatic carbocycles. The largest absolute Gasteiger partial charge is 0.379 e. The van der Waals surface area contributed by atoms with Crippen molar-refractivity contribution in [1.29, 1.82) is 0 Å². The van der Waals surface area contributed by atoms with Crippen molar-refractivity contribution in [3.8, 4) is 0 Å². The van der Waals surface area contributed by atoms with Crippen molar-refractivity contribution in [1.82, 2.24) is 15.5 Å². The summed E-state index contributed by atoms with van der Waals surface area (Å²) in [5.74, 6) is 0.841. The highest BCUT2D eigenvalue weighted by atomic mass is 127. The highest BCUT2D eigenvalue weighted by molar-refractivity contribution is 14.0. The summed E-state index contributed by atoms with van der Waals surface area (Å²) >= 11 is 0. The number of nitrogens with one attached hydrogen (secondary N) is 2. The van der Waals surface area contributed by atoms with Gasteiger partial charge in [0.15, 0.2) is 5.96 Å². The highest BCUT2D eigenvalue weighted by Gasteiger charge is 2.10. The number of hydrogen-bond donors (Lipinski definition) is 2. The minimum atomic E-state index is 0. The zero-order valence-corrected chi connectivity index (χ0v) is 16.7.